The molecule has 0 bridgehead atoms. The summed E-state index contributed by atoms with van der Waals surface area (Å²) in [5.41, 5.74) is 7.65. The Hall–Kier alpha value is -1.84. The first-order chi connectivity index (χ1) is 8.09. The van der Waals surface area contributed by atoms with Crippen molar-refractivity contribution >= 4 is 17.5 Å². The van der Waals surface area contributed by atoms with Crippen molar-refractivity contribution in [2.45, 2.75) is 31.7 Å². The van der Waals surface area contributed by atoms with E-state index in [4.69, 9.17) is 5.73 Å². The fourth-order valence-corrected chi connectivity index (χ4v) is 2.39. The normalized spacial score (nSPS) is 23.8. The van der Waals surface area contributed by atoms with Gasteiger partial charge in [-0.25, -0.2) is 0 Å². The molecule has 88 valence electrons. The Morgan fingerprint density at radius 1 is 1.29 bits per heavy atom. The Balaban J connectivity index is 2.13. The highest BCUT2D eigenvalue weighted by atomic mass is 16.2. The molecule has 17 heavy (non-hydrogen) atoms. The summed E-state index contributed by atoms with van der Waals surface area (Å²) >= 11 is 0. The number of nitrogens with zero attached hydrogens (tertiary/aromatic N) is 1. The van der Waals surface area contributed by atoms with E-state index in [1.807, 2.05) is 6.92 Å². The van der Waals surface area contributed by atoms with E-state index in [1.165, 1.54) is 4.90 Å². The molecule has 2 N–H and O–H groups in total. The third-order valence-corrected chi connectivity index (χ3v) is 3.51. The zero-order valence-electron chi connectivity index (χ0n) is 9.64. The summed E-state index contributed by atoms with van der Waals surface area (Å²) in [7, 11) is 0. The number of imide groups is 1. The van der Waals surface area contributed by atoms with Crippen LogP contribution in [-0.2, 0) is 4.79 Å². The van der Waals surface area contributed by atoms with Crippen LogP contribution in [0.15, 0.2) is 18.2 Å². The standard InChI is InChI=1S/C13H14N2O2/c1-7-10-5-2-8(14)6-11(10)13(17)15(12(7)16)9-3-4-9/h2,5-7,9H,3-4,14H2,1H3. The molecule has 2 amide bonds. The van der Waals surface area contributed by atoms with Gasteiger partial charge in [0.05, 0.1) is 5.92 Å². The van der Waals surface area contributed by atoms with Gasteiger partial charge in [-0.3, -0.25) is 14.5 Å². The smallest absolute Gasteiger partial charge is 0.261 e. The third kappa shape index (κ3) is 1.44. The molecule has 1 aliphatic carbocycles. The number of hydrogen-bond acceptors (Lipinski definition) is 3. The second-order valence-corrected chi connectivity index (χ2v) is 4.81. The number of carbonyl (C=O) groups excluding carboxylic acids is 2. The molecule has 1 heterocycles. The van der Waals surface area contributed by atoms with E-state index < -0.39 is 0 Å². The highest BCUT2D eigenvalue weighted by Crippen LogP contribution is 2.37. The van der Waals surface area contributed by atoms with E-state index in [1.54, 1.807) is 18.2 Å². The molecule has 1 saturated carbocycles. The van der Waals surface area contributed by atoms with Crippen molar-refractivity contribution in [3.05, 3.63) is 29.3 Å². The highest BCUT2D eigenvalue weighted by Gasteiger charge is 2.43. The second kappa shape index (κ2) is 3.32. The van der Waals surface area contributed by atoms with Crippen LogP contribution in [0.25, 0.3) is 0 Å². The first-order valence-electron chi connectivity index (χ1n) is 5.86. The van der Waals surface area contributed by atoms with Crippen LogP contribution in [0.1, 0.15) is 41.6 Å². The predicted molar refractivity (Wildman–Crippen MR) is 63.5 cm³/mol. The van der Waals surface area contributed by atoms with Gasteiger partial charge in [-0.15, -0.1) is 0 Å². The Morgan fingerprint density at radius 2 is 2.00 bits per heavy atom. The minimum Gasteiger partial charge on any atom is -0.399 e. The van der Waals surface area contributed by atoms with E-state index >= 15 is 0 Å². The van der Waals surface area contributed by atoms with Crippen molar-refractivity contribution in [3.63, 3.8) is 0 Å². The van der Waals surface area contributed by atoms with Gasteiger partial charge < -0.3 is 5.73 Å². The van der Waals surface area contributed by atoms with E-state index in [9.17, 15) is 9.59 Å². The molecule has 4 nitrogen and oxygen atoms in total. The number of benzene rings is 1. The molecule has 3 rings (SSSR count). The van der Waals surface area contributed by atoms with Crippen LogP contribution in [0.5, 0.6) is 0 Å². The maximum absolute atomic E-state index is 12.3. The lowest BCUT2D eigenvalue weighted by Crippen LogP contribution is -2.45. The lowest BCUT2D eigenvalue weighted by molar-refractivity contribution is -0.130. The van der Waals surface area contributed by atoms with Gasteiger partial charge in [0.25, 0.3) is 5.91 Å². The first kappa shape index (κ1) is 10.3. The molecular weight excluding hydrogens is 216 g/mol. The van der Waals surface area contributed by atoms with Crippen molar-refractivity contribution in [2.75, 3.05) is 5.73 Å². The largest absolute Gasteiger partial charge is 0.399 e. The molecule has 0 aromatic heterocycles. The van der Waals surface area contributed by atoms with Crippen LogP contribution < -0.4 is 5.73 Å². The Morgan fingerprint density at radius 3 is 2.65 bits per heavy atom. The molecule has 0 spiro atoms. The molecule has 1 aliphatic heterocycles. The predicted octanol–water partition coefficient (Wildman–Crippen LogP) is 1.52. The first-order valence-corrected chi connectivity index (χ1v) is 5.86. The molecule has 1 aromatic rings. The molecule has 2 aliphatic rings. The van der Waals surface area contributed by atoms with Gasteiger partial charge in [-0.1, -0.05) is 6.07 Å². The van der Waals surface area contributed by atoms with Crippen LogP contribution in [-0.4, -0.2) is 22.8 Å². The van der Waals surface area contributed by atoms with Gasteiger partial charge in [-0.2, -0.15) is 0 Å². The lowest BCUT2D eigenvalue weighted by atomic mass is 9.89. The fourth-order valence-electron chi connectivity index (χ4n) is 2.39. The van der Waals surface area contributed by atoms with Crippen molar-refractivity contribution in [1.29, 1.82) is 0 Å². The number of hydrogen-bond donors (Lipinski definition) is 1. The lowest BCUT2D eigenvalue weighted by Gasteiger charge is -2.31. The Labute approximate surface area is 99.4 Å². The number of amides is 2. The molecule has 1 atom stereocenters. The number of nitrogens with two attached hydrogens (primary N) is 1. The maximum Gasteiger partial charge on any atom is 0.261 e. The zero-order chi connectivity index (χ0) is 12.2. The average molecular weight is 230 g/mol. The summed E-state index contributed by atoms with van der Waals surface area (Å²) in [5.74, 6) is -0.503. The molecular formula is C13H14N2O2. The number of rotatable bonds is 1. The zero-order valence-corrected chi connectivity index (χ0v) is 9.64. The van der Waals surface area contributed by atoms with Crippen molar-refractivity contribution in [2.24, 2.45) is 0 Å². The van der Waals surface area contributed by atoms with Gasteiger partial charge in [-0.05, 0) is 37.5 Å². The summed E-state index contributed by atoms with van der Waals surface area (Å²) in [4.78, 5) is 25.8. The van der Waals surface area contributed by atoms with E-state index in [0.29, 0.717) is 11.3 Å². The second-order valence-electron chi connectivity index (χ2n) is 4.81. The number of carbonyl (C=O) groups is 2. The van der Waals surface area contributed by atoms with Crippen molar-refractivity contribution in [1.82, 2.24) is 4.90 Å². The quantitative estimate of drug-likeness (QED) is 0.587. The number of fused-ring (bicyclic) bond motifs is 1. The summed E-state index contributed by atoms with van der Waals surface area (Å²) in [6.45, 7) is 1.85. The van der Waals surface area contributed by atoms with Crippen molar-refractivity contribution < 1.29 is 9.59 Å². The summed E-state index contributed by atoms with van der Waals surface area (Å²) in [6, 6.07) is 5.32. The Kier molecular flexibility index (Phi) is 2.02. The Bertz CT molecular complexity index is 520. The monoisotopic (exact) mass is 230 g/mol. The number of anilines is 1. The van der Waals surface area contributed by atoms with Crippen LogP contribution in [0.2, 0.25) is 0 Å². The van der Waals surface area contributed by atoms with Gasteiger partial charge in [0.15, 0.2) is 0 Å². The summed E-state index contributed by atoms with van der Waals surface area (Å²) in [6.07, 6.45) is 1.86. The van der Waals surface area contributed by atoms with Gasteiger partial charge >= 0.3 is 0 Å². The van der Waals surface area contributed by atoms with Gasteiger partial charge in [0.1, 0.15) is 0 Å². The van der Waals surface area contributed by atoms with Gasteiger partial charge in [0, 0.05) is 17.3 Å². The highest BCUT2D eigenvalue weighted by molar-refractivity contribution is 6.12. The average Bonchev–Trinajstić information content (AvgIpc) is 3.11. The van der Waals surface area contributed by atoms with Crippen LogP contribution in [0.4, 0.5) is 5.69 Å². The van der Waals surface area contributed by atoms with Gasteiger partial charge in [0.2, 0.25) is 5.91 Å². The molecule has 1 unspecified atom stereocenters. The minimum absolute atomic E-state index is 0.0743. The minimum atomic E-state index is -0.246. The molecule has 0 saturated heterocycles. The van der Waals surface area contributed by atoms with E-state index in [0.717, 1.165) is 18.4 Å². The topological polar surface area (TPSA) is 63.4 Å². The van der Waals surface area contributed by atoms with E-state index in [2.05, 4.69) is 0 Å². The molecule has 1 aromatic carbocycles. The molecule has 0 radical (unpaired) electrons. The fraction of sp³-hybridized carbons (Fsp3) is 0.385. The maximum atomic E-state index is 12.3. The van der Waals surface area contributed by atoms with E-state index in [-0.39, 0.29) is 23.8 Å². The summed E-state index contributed by atoms with van der Waals surface area (Å²) in [5, 5.41) is 0. The molecule has 1 fully saturated rings. The summed E-state index contributed by atoms with van der Waals surface area (Å²) < 4.78 is 0. The SMILES string of the molecule is CC1C(=O)N(C2CC2)C(=O)c2cc(N)ccc21. The van der Waals surface area contributed by atoms with Crippen LogP contribution in [0, 0.1) is 0 Å². The number of nitrogen functional groups attached to an aromatic ring is 1. The van der Waals surface area contributed by atoms with Crippen molar-refractivity contribution in [3.8, 4) is 0 Å². The van der Waals surface area contributed by atoms with Crippen LogP contribution >= 0.6 is 0 Å². The molecule has 4 heteroatoms. The van der Waals surface area contributed by atoms with Crippen LogP contribution in [0.3, 0.4) is 0 Å². The third-order valence-electron chi connectivity index (χ3n) is 3.51.